The van der Waals surface area contributed by atoms with E-state index in [9.17, 15) is 27.6 Å². The van der Waals surface area contributed by atoms with Crippen LogP contribution in [0.2, 0.25) is 5.02 Å². The van der Waals surface area contributed by atoms with E-state index >= 15 is 0 Å². The molecule has 2 aliphatic heterocycles. The predicted molar refractivity (Wildman–Crippen MR) is 153 cm³/mol. The molecule has 216 valence electrons. The van der Waals surface area contributed by atoms with Crippen LogP contribution in [0.3, 0.4) is 0 Å². The van der Waals surface area contributed by atoms with Crippen LogP contribution in [0, 0.1) is 5.92 Å². The van der Waals surface area contributed by atoms with Gasteiger partial charge in [-0.25, -0.2) is 4.90 Å². The molecule has 1 fully saturated rings. The van der Waals surface area contributed by atoms with Gasteiger partial charge in [-0.15, -0.1) is 0 Å². The highest BCUT2D eigenvalue weighted by atomic mass is 35.5. The van der Waals surface area contributed by atoms with Gasteiger partial charge in [0, 0.05) is 15.8 Å². The van der Waals surface area contributed by atoms with Crippen molar-refractivity contribution in [3.05, 3.63) is 103 Å². The number of carbonyl (C=O) groups excluding carboxylic acids is 2. The Bertz CT molecular complexity index is 1760. The number of nitrogens with zero attached hydrogens (tertiary/aromatic N) is 1. The molecule has 0 bridgehead atoms. The number of hydrogen-bond donors (Lipinski definition) is 1. The van der Waals surface area contributed by atoms with Gasteiger partial charge in [-0.3, -0.25) is 14.4 Å². The molecule has 1 N–H and O–H groups in total. The van der Waals surface area contributed by atoms with Crippen LogP contribution in [-0.4, -0.2) is 29.2 Å². The molecule has 3 aromatic carbocycles. The smallest absolute Gasteiger partial charge is 0.416 e. The van der Waals surface area contributed by atoms with Crippen molar-refractivity contribution < 1.29 is 32.2 Å². The van der Waals surface area contributed by atoms with Crippen molar-refractivity contribution in [1.82, 2.24) is 4.98 Å². The monoisotopic (exact) mass is 632 g/mol. The fourth-order valence-corrected chi connectivity index (χ4v) is 7.83. The summed E-state index contributed by atoms with van der Waals surface area (Å²) in [5.41, 5.74) is 0.338. The molecule has 42 heavy (non-hydrogen) atoms. The first-order valence-corrected chi connectivity index (χ1v) is 14.6. The average Bonchev–Trinajstić information content (AvgIpc) is 3.46. The number of benzene rings is 3. The molecule has 0 aliphatic carbocycles. The Labute approximate surface area is 250 Å². The van der Waals surface area contributed by atoms with E-state index in [1.54, 1.807) is 30.3 Å². The number of ether oxygens (including phenoxy) is 2. The molecule has 13 heteroatoms. The number of H-pyrrole nitrogens is 1. The third kappa shape index (κ3) is 5.07. The van der Waals surface area contributed by atoms with E-state index in [-0.39, 0.29) is 17.2 Å². The molecule has 3 atom stereocenters. The number of carbonyl (C=O) groups is 2. The van der Waals surface area contributed by atoms with Gasteiger partial charge in [0.2, 0.25) is 11.8 Å². The minimum atomic E-state index is -4.65. The van der Waals surface area contributed by atoms with Gasteiger partial charge in [0.15, 0.2) is 11.5 Å². The Hall–Kier alpha value is -3.74. The minimum absolute atomic E-state index is 0.158. The molecular formula is C29H20ClF3N2O5S2. The quantitative estimate of drug-likeness (QED) is 0.245. The molecule has 4 aromatic rings. The molecule has 3 unspecified atom stereocenters. The first kappa shape index (κ1) is 28.4. The highest BCUT2D eigenvalue weighted by molar-refractivity contribution is 8.00. The number of methoxy groups -OCH3 is 1. The van der Waals surface area contributed by atoms with Crippen LogP contribution in [-0.2, 0) is 22.4 Å². The lowest BCUT2D eigenvalue weighted by Gasteiger charge is -2.30. The maximum atomic E-state index is 13.9. The number of thioether (sulfide) groups is 1. The maximum absolute atomic E-state index is 13.9. The summed E-state index contributed by atoms with van der Waals surface area (Å²) in [5.74, 6) is -2.20. The normalized spacial score (nSPS) is 19.9. The molecule has 2 aliphatic rings. The van der Waals surface area contributed by atoms with Crippen LogP contribution in [0.15, 0.2) is 76.6 Å². The summed E-state index contributed by atoms with van der Waals surface area (Å²) in [7, 11) is 1.47. The van der Waals surface area contributed by atoms with E-state index in [0.717, 1.165) is 51.8 Å². The lowest BCUT2D eigenvalue weighted by atomic mass is 9.83. The van der Waals surface area contributed by atoms with Crippen molar-refractivity contribution in [2.24, 2.45) is 5.92 Å². The maximum Gasteiger partial charge on any atom is 0.416 e. The molecule has 0 radical (unpaired) electrons. The molecule has 2 amide bonds. The number of thiazole rings is 1. The Kier molecular flexibility index (Phi) is 7.32. The summed E-state index contributed by atoms with van der Waals surface area (Å²) in [6.45, 7) is 0.236. The topological polar surface area (TPSA) is 88.7 Å². The highest BCUT2D eigenvalue weighted by Gasteiger charge is 2.56. The molecular weight excluding hydrogens is 613 g/mol. The summed E-state index contributed by atoms with van der Waals surface area (Å²) in [5, 5.41) is 0.0922. The summed E-state index contributed by atoms with van der Waals surface area (Å²) < 4.78 is 51.8. The van der Waals surface area contributed by atoms with Crippen LogP contribution in [0.4, 0.5) is 18.9 Å². The zero-order valence-corrected chi connectivity index (χ0v) is 24.0. The van der Waals surface area contributed by atoms with Crippen LogP contribution >= 0.6 is 34.7 Å². The lowest BCUT2D eigenvalue weighted by Crippen LogP contribution is -2.32. The number of aromatic amines is 1. The fourth-order valence-electron chi connectivity index (χ4n) is 5.19. The number of hydrogen-bond acceptors (Lipinski definition) is 7. The summed E-state index contributed by atoms with van der Waals surface area (Å²) in [6, 6.07) is 16.4. The number of nitrogens with one attached hydrogen (secondary N) is 1. The van der Waals surface area contributed by atoms with Gasteiger partial charge >= 0.3 is 11.0 Å². The highest BCUT2D eigenvalue weighted by Crippen LogP contribution is 2.54. The van der Waals surface area contributed by atoms with E-state index in [2.05, 4.69) is 4.98 Å². The zero-order valence-electron chi connectivity index (χ0n) is 21.6. The first-order valence-electron chi connectivity index (χ1n) is 12.5. The molecule has 0 spiro atoms. The van der Waals surface area contributed by atoms with E-state index in [1.807, 2.05) is 12.1 Å². The number of alkyl halides is 3. The van der Waals surface area contributed by atoms with E-state index in [4.69, 9.17) is 21.1 Å². The largest absolute Gasteiger partial charge is 0.493 e. The number of imide groups is 1. The second-order valence-electron chi connectivity index (χ2n) is 9.64. The molecule has 7 nitrogen and oxygen atoms in total. The summed E-state index contributed by atoms with van der Waals surface area (Å²) in [4.78, 5) is 43.6. The van der Waals surface area contributed by atoms with Crippen molar-refractivity contribution in [2.75, 3.05) is 12.0 Å². The van der Waals surface area contributed by atoms with Crippen LogP contribution < -0.4 is 19.2 Å². The van der Waals surface area contributed by atoms with Crippen molar-refractivity contribution >= 4 is 52.2 Å². The van der Waals surface area contributed by atoms with Crippen molar-refractivity contribution in [2.45, 2.75) is 29.0 Å². The molecule has 6 rings (SSSR count). The second-order valence-corrected chi connectivity index (χ2v) is 12.2. The van der Waals surface area contributed by atoms with Gasteiger partial charge in [0.05, 0.1) is 29.3 Å². The minimum Gasteiger partial charge on any atom is -0.493 e. The first-order chi connectivity index (χ1) is 20.0. The Balaban J connectivity index is 1.37. The molecule has 1 aromatic heterocycles. The summed E-state index contributed by atoms with van der Waals surface area (Å²) in [6.07, 6.45) is -4.65. The van der Waals surface area contributed by atoms with Gasteiger partial charge in [-0.2, -0.15) is 13.2 Å². The third-order valence-corrected chi connectivity index (χ3v) is 9.76. The van der Waals surface area contributed by atoms with E-state index in [0.29, 0.717) is 32.0 Å². The second kappa shape index (κ2) is 10.8. The van der Waals surface area contributed by atoms with Gasteiger partial charge in [0.25, 0.3) is 0 Å². The Morgan fingerprint density at radius 3 is 2.45 bits per heavy atom. The number of aromatic nitrogens is 1. The Morgan fingerprint density at radius 2 is 1.74 bits per heavy atom. The molecule has 3 heterocycles. The number of rotatable bonds is 6. The number of fused-ring (bicyclic) bond motifs is 2. The van der Waals surface area contributed by atoms with Gasteiger partial charge in [-0.05, 0) is 53.6 Å². The average molecular weight is 633 g/mol. The van der Waals surface area contributed by atoms with E-state index < -0.39 is 40.6 Å². The van der Waals surface area contributed by atoms with Crippen LogP contribution in [0.5, 0.6) is 11.5 Å². The fraction of sp³-hybridized carbons (Fsp3) is 0.207. The number of halogens is 4. The number of anilines is 1. The van der Waals surface area contributed by atoms with Crippen molar-refractivity contribution in [1.29, 1.82) is 0 Å². The molecule has 0 saturated carbocycles. The van der Waals surface area contributed by atoms with Crippen LogP contribution in [0.1, 0.15) is 27.5 Å². The van der Waals surface area contributed by atoms with Crippen molar-refractivity contribution in [3.8, 4) is 11.5 Å². The van der Waals surface area contributed by atoms with E-state index in [1.165, 1.54) is 13.2 Å². The summed E-state index contributed by atoms with van der Waals surface area (Å²) >= 11 is 7.93. The van der Waals surface area contributed by atoms with Gasteiger partial charge in [0.1, 0.15) is 11.9 Å². The Morgan fingerprint density at radius 1 is 0.976 bits per heavy atom. The van der Waals surface area contributed by atoms with Crippen molar-refractivity contribution in [3.63, 3.8) is 0 Å². The zero-order chi connectivity index (χ0) is 29.8. The van der Waals surface area contributed by atoms with Crippen LogP contribution in [0.25, 0.3) is 0 Å². The number of amides is 2. The SMILES string of the molecule is COc1cc(C2c3sc(=O)[nH]c3SC3C(=O)N(c4cccc(C(F)(F)F)c4)C(=O)C32)ccc1OCc1ccc(Cl)cc1. The molecule has 1 saturated heterocycles. The van der Waals surface area contributed by atoms with Gasteiger partial charge in [-0.1, -0.05) is 59.0 Å². The van der Waals surface area contributed by atoms with Gasteiger partial charge < -0.3 is 14.5 Å². The third-order valence-electron chi connectivity index (χ3n) is 7.11. The predicted octanol–water partition coefficient (Wildman–Crippen LogP) is 6.49. The lowest BCUT2D eigenvalue weighted by molar-refractivity contribution is -0.137. The standard InChI is InChI=1S/C29H20ClF3N2O5S2/c1-39-20-11-15(7-10-19(20)40-13-14-5-8-17(30)9-6-14)21-22-24(41-25-23(21)42-28(38)34-25)27(37)35(26(22)36)18-4-2-3-16(12-18)29(31,32)33/h2-12,21-22,24H,13H2,1H3,(H,34,38).